The van der Waals surface area contributed by atoms with Gasteiger partial charge in [0.25, 0.3) is 0 Å². The summed E-state index contributed by atoms with van der Waals surface area (Å²) in [5.74, 6) is 1.51. The Balaban J connectivity index is 0.999. The maximum absolute atomic E-state index is 5.12. The highest BCUT2D eigenvalue weighted by Gasteiger charge is 2.22. The second-order valence-electron chi connectivity index (χ2n) is 14.5. The molecule has 0 aromatic heterocycles. The number of rotatable bonds is 8. The van der Waals surface area contributed by atoms with Gasteiger partial charge in [-0.05, 0) is 61.4 Å². The van der Waals surface area contributed by atoms with Crippen LogP contribution in [0.5, 0.6) is 0 Å². The van der Waals surface area contributed by atoms with E-state index in [2.05, 4.69) is 174 Å². The monoisotopic (exact) mass is 745 g/mol. The molecule has 0 saturated carbocycles. The summed E-state index contributed by atoms with van der Waals surface area (Å²) in [6.45, 7) is 0. The molecule has 0 bridgehead atoms. The van der Waals surface area contributed by atoms with Crippen molar-refractivity contribution in [2.75, 3.05) is 0 Å². The molecule has 58 heavy (non-hydrogen) atoms. The Bertz CT molecular complexity index is 2840. The van der Waals surface area contributed by atoms with Gasteiger partial charge in [0, 0.05) is 16.8 Å². The van der Waals surface area contributed by atoms with Gasteiger partial charge in [0.05, 0.1) is 5.71 Å². The molecule has 2 atom stereocenters. The van der Waals surface area contributed by atoms with Gasteiger partial charge >= 0.3 is 0 Å². The number of fused-ring (bicyclic) bond motifs is 1. The molecule has 5 nitrogen and oxygen atoms in total. The first kappa shape index (κ1) is 34.8. The molecule has 5 heteroatoms. The molecule has 2 aliphatic rings. The quantitative estimate of drug-likeness (QED) is 0.163. The van der Waals surface area contributed by atoms with Crippen molar-refractivity contribution in [3.05, 3.63) is 246 Å². The van der Waals surface area contributed by atoms with E-state index in [0.717, 1.165) is 61.8 Å². The summed E-state index contributed by atoms with van der Waals surface area (Å²) in [4.78, 5) is 15.2. The van der Waals surface area contributed by atoms with E-state index in [-0.39, 0.29) is 12.3 Å². The molecular weight excluding hydrogens is 707 g/mol. The predicted octanol–water partition coefficient (Wildman–Crippen LogP) is 11.8. The van der Waals surface area contributed by atoms with Crippen LogP contribution in [0, 0.1) is 0 Å². The van der Waals surface area contributed by atoms with Crippen LogP contribution >= 0.6 is 0 Å². The van der Waals surface area contributed by atoms with Crippen molar-refractivity contribution < 1.29 is 0 Å². The Labute approximate surface area is 338 Å². The SMILES string of the molecule is C1=C(c2ccc(-c3ccc4ccccc4c3-c3ccc(C4=NC(c5ccccc5)=NC(c5ccccc5)N4)cc3)cc2)NC(c2ccccc2)N=C1c1ccccc1. The zero-order valence-electron chi connectivity index (χ0n) is 31.7. The van der Waals surface area contributed by atoms with Gasteiger partial charge in [-0.1, -0.05) is 206 Å². The topological polar surface area (TPSA) is 61.1 Å². The van der Waals surface area contributed by atoms with Crippen LogP contribution in [0.4, 0.5) is 0 Å². The zero-order valence-corrected chi connectivity index (χ0v) is 31.7. The third kappa shape index (κ3) is 7.02. The Morgan fingerprint density at radius 2 is 0.914 bits per heavy atom. The van der Waals surface area contributed by atoms with Crippen LogP contribution in [-0.2, 0) is 0 Å². The van der Waals surface area contributed by atoms with Crippen LogP contribution in [0.15, 0.2) is 227 Å². The summed E-state index contributed by atoms with van der Waals surface area (Å²) in [6, 6.07) is 72.1. The standard InChI is InChI=1S/C53H39N5/c1-5-16-38(17-6-1)47-35-48(55-50(54-47)41-18-7-2-8-19-41)39-27-25-37(26-28-39)46-34-33-36-15-13-14-24-45(36)49(46)40-29-31-44(32-30-40)53-57-51(42-20-9-3-10-21-42)56-52(58-53)43-22-11-4-12-23-43/h1-35,50-51,55H,(H,56,57,58). The molecular formula is C53H39N5. The fraction of sp³-hybridized carbons (Fsp3) is 0.0377. The molecule has 2 N–H and O–H groups in total. The van der Waals surface area contributed by atoms with Crippen LogP contribution in [-0.4, -0.2) is 17.4 Å². The van der Waals surface area contributed by atoms with Gasteiger partial charge in [-0.3, -0.25) is 4.99 Å². The Hall–Kier alpha value is -7.63. The average Bonchev–Trinajstić information content (AvgIpc) is 3.32. The van der Waals surface area contributed by atoms with Gasteiger partial charge in [0.2, 0.25) is 0 Å². The largest absolute Gasteiger partial charge is 0.360 e. The highest BCUT2D eigenvalue weighted by Crippen LogP contribution is 2.39. The molecule has 8 aromatic carbocycles. The van der Waals surface area contributed by atoms with E-state index in [4.69, 9.17) is 15.0 Å². The van der Waals surface area contributed by atoms with Gasteiger partial charge in [-0.25, -0.2) is 9.98 Å². The molecule has 2 heterocycles. The minimum Gasteiger partial charge on any atom is -0.360 e. The van der Waals surface area contributed by atoms with Gasteiger partial charge in [-0.2, -0.15) is 0 Å². The molecule has 2 unspecified atom stereocenters. The van der Waals surface area contributed by atoms with Crippen molar-refractivity contribution in [3.8, 4) is 22.3 Å². The number of allylic oxidation sites excluding steroid dienone is 1. The summed E-state index contributed by atoms with van der Waals surface area (Å²) in [6.07, 6.45) is 1.72. The number of aliphatic imine (C=N–C) groups is 3. The summed E-state index contributed by atoms with van der Waals surface area (Å²) in [5.41, 5.74) is 13.1. The fourth-order valence-corrected chi connectivity index (χ4v) is 7.83. The fourth-order valence-electron chi connectivity index (χ4n) is 7.83. The minimum atomic E-state index is -0.253. The van der Waals surface area contributed by atoms with E-state index >= 15 is 0 Å². The predicted molar refractivity (Wildman–Crippen MR) is 240 cm³/mol. The number of benzene rings is 8. The number of nitrogens with one attached hydrogen (secondary N) is 2. The highest BCUT2D eigenvalue weighted by atomic mass is 15.2. The van der Waals surface area contributed by atoms with E-state index in [1.165, 1.54) is 21.9 Å². The Morgan fingerprint density at radius 3 is 1.59 bits per heavy atom. The third-order valence-corrected chi connectivity index (χ3v) is 10.8. The van der Waals surface area contributed by atoms with Crippen LogP contribution < -0.4 is 10.6 Å². The molecule has 0 radical (unpaired) electrons. The molecule has 0 spiro atoms. The molecule has 0 amide bonds. The van der Waals surface area contributed by atoms with Crippen molar-refractivity contribution in [1.29, 1.82) is 0 Å². The maximum Gasteiger partial charge on any atom is 0.159 e. The van der Waals surface area contributed by atoms with Crippen molar-refractivity contribution in [1.82, 2.24) is 10.6 Å². The molecule has 0 aliphatic carbocycles. The maximum atomic E-state index is 5.12. The molecule has 2 aliphatic heterocycles. The van der Waals surface area contributed by atoms with Crippen molar-refractivity contribution in [2.24, 2.45) is 15.0 Å². The molecule has 8 aromatic rings. The van der Waals surface area contributed by atoms with Crippen LogP contribution in [0.25, 0.3) is 38.7 Å². The third-order valence-electron chi connectivity index (χ3n) is 10.8. The van der Waals surface area contributed by atoms with E-state index in [9.17, 15) is 0 Å². The summed E-state index contributed by atoms with van der Waals surface area (Å²) >= 11 is 0. The summed E-state index contributed by atoms with van der Waals surface area (Å²) < 4.78 is 0. The van der Waals surface area contributed by atoms with E-state index in [0.29, 0.717) is 5.84 Å². The Morgan fingerprint density at radius 1 is 0.379 bits per heavy atom. The lowest BCUT2D eigenvalue weighted by Gasteiger charge is -2.25. The lowest BCUT2D eigenvalue weighted by atomic mass is 9.89. The molecule has 0 saturated heterocycles. The first-order valence-corrected chi connectivity index (χ1v) is 19.7. The van der Waals surface area contributed by atoms with E-state index < -0.39 is 0 Å². The van der Waals surface area contributed by atoms with Crippen LogP contribution in [0.1, 0.15) is 45.7 Å². The smallest absolute Gasteiger partial charge is 0.159 e. The molecule has 276 valence electrons. The van der Waals surface area contributed by atoms with Gasteiger partial charge in [-0.15, -0.1) is 0 Å². The van der Waals surface area contributed by atoms with Crippen molar-refractivity contribution in [2.45, 2.75) is 12.3 Å². The normalized spacial score (nSPS) is 16.3. The van der Waals surface area contributed by atoms with Gasteiger partial charge in [0.15, 0.2) is 5.84 Å². The van der Waals surface area contributed by atoms with E-state index in [1.54, 1.807) is 0 Å². The average molecular weight is 746 g/mol. The van der Waals surface area contributed by atoms with Crippen LogP contribution in [0.3, 0.4) is 0 Å². The number of hydrogen-bond donors (Lipinski definition) is 2. The number of nitrogens with zero attached hydrogens (tertiary/aromatic N) is 3. The zero-order chi connectivity index (χ0) is 38.7. The highest BCUT2D eigenvalue weighted by molar-refractivity contribution is 6.14. The summed E-state index contributed by atoms with van der Waals surface area (Å²) in [7, 11) is 0. The minimum absolute atomic E-state index is 0.192. The van der Waals surface area contributed by atoms with Gasteiger partial charge < -0.3 is 10.6 Å². The Kier molecular flexibility index (Phi) is 9.30. The van der Waals surface area contributed by atoms with Crippen molar-refractivity contribution >= 4 is 33.9 Å². The second-order valence-corrected chi connectivity index (χ2v) is 14.5. The van der Waals surface area contributed by atoms with Gasteiger partial charge in [0.1, 0.15) is 18.2 Å². The lowest BCUT2D eigenvalue weighted by molar-refractivity contribution is 0.664. The van der Waals surface area contributed by atoms with Crippen molar-refractivity contribution in [3.63, 3.8) is 0 Å². The first-order valence-electron chi connectivity index (χ1n) is 19.7. The molecule has 0 fully saturated rings. The summed E-state index contributed by atoms with van der Waals surface area (Å²) in [5, 5.41) is 9.73. The number of amidine groups is 2. The lowest BCUT2D eigenvalue weighted by Crippen LogP contribution is -2.33. The van der Waals surface area contributed by atoms with E-state index in [1.807, 2.05) is 48.5 Å². The first-order chi connectivity index (χ1) is 28.7. The second kappa shape index (κ2) is 15.5. The molecule has 10 rings (SSSR count). The number of hydrogen-bond acceptors (Lipinski definition) is 5. The van der Waals surface area contributed by atoms with Crippen LogP contribution in [0.2, 0.25) is 0 Å².